The molecule has 3 aromatic rings. The van der Waals surface area contributed by atoms with Gasteiger partial charge in [-0.2, -0.15) is 0 Å². The Balaban J connectivity index is 2.32. The monoisotopic (exact) mass is 241 g/mol. The number of aryl methyl sites for hydroxylation is 1. The predicted octanol–water partition coefficient (Wildman–Crippen LogP) is 1.36. The Morgan fingerprint density at radius 2 is 2.06 bits per heavy atom. The maximum absolute atomic E-state index is 11.8. The van der Waals surface area contributed by atoms with Crippen molar-refractivity contribution in [2.75, 3.05) is 0 Å². The fourth-order valence-electron chi connectivity index (χ4n) is 2.18. The summed E-state index contributed by atoms with van der Waals surface area (Å²) in [5.41, 5.74) is 3.29. The van der Waals surface area contributed by atoms with E-state index in [2.05, 4.69) is 10.3 Å². The highest BCUT2D eigenvalue weighted by molar-refractivity contribution is 6.00. The number of hydrogen-bond acceptors (Lipinski definition) is 2. The van der Waals surface area contributed by atoms with Gasteiger partial charge in [0.05, 0.1) is 0 Å². The lowest BCUT2D eigenvalue weighted by Gasteiger charge is -1.98. The SMILES string of the molecule is CC(=O)c1c(-c2ccccc2)cc2n[n+](C)[nH]n12. The summed E-state index contributed by atoms with van der Waals surface area (Å²) in [6, 6.07) is 11.8. The normalized spacial score (nSPS) is 11.0. The Bertz CT molecular complexity index is 724. The number of nitrogens with zero attached hydrogens (tertiary/aromatic N) is 3. The van der Waals surface area contributed by atoms with Gasteiger partial charge in [0.25, 0.3) is 5.65 Å². The first-order chi connectivity index (χ1) is 8.66. The van der Waals surface area contributed by atoms with Crippen LogP contribution in [0.4, 0.5) is 0 Å². The van der Waals surface area contributed by atoms with Crippen molar-refractivity contribution in [2.45, 2.75) is 6.92 Å². The highest BCUT2D eigenvalue weighted by Crippen LogP contribution is 2.26. The van der Waals surface area contributed by atoms with Gasteiger partial charge in [-0.05, 0) is 10.7 Å². The smallest absolute Gasteiger partial charge is 0.287 e. The highest BCUT2D eigenvalue weighted by atomic mass is 16.1. The third-order valence-corrected chi connectivity index (χ3v) is 2.90. The molecule has 0 aliphatic heterocycles. The van der Waals surface area contributed by atoms with Gasteiger partial charge in [-0.1, -0.05) is 44.9 Å². The number of hydrogen-bond donors (Lipinski definition) is 1. The standard InChI is InChI=1S/C13H12N4O/c1-9(18)13-11(10-6-4-3-5-7-10)8-12-14-16(2)15-17(12)13/h3-8H,1-2H3/p+1. The topological polar surface area (TPSA) is 54.0 Å². The zero-order valence-corrected chi connectivity index (χ0v) is 10.2. The second kappa shape index (κ2) is 3.80. The first-order valence-electron chi connectivity index (χ1n) is 5.71. The number of H-pyrrole nitrogens is 1. The van der Waals surface area contributed by atoms with E-state index < -0.39 is 0 Å². The van der Waals surface area contributed by atoms with E-state index >= 15 is 0 Å². The van der Waals surface area contributed by atoms with Gasteiger partial charge < -0.3 is 0 Å². The summed E-state index contributed by atoms with van der Waals surface area (Å²) < 4.78 is 1.71. The molecule has 0 aliphatic carbocycles. The summed E-state index contributed by atoms with van der Waals surface area (Å²) in [7, 11) is 1.79. The minimum atomic E-state index is 0.0121. The number of aromatic amines is 1. The number of nitrogens with one attached hydrogen (secondary N) is 1. The molecule has 0 atom stereocenters. The summed E-state index contributed by atoms with van der Waals surface area (Å²) in [4.78, 5) is 13.4. The molecule has 0 amide bonds. The molecule has 18 heavy (non-hydrogen) atoms. The number of carbonyl (C=O) groups excluding carboxylic acids is 1. The van der Waals surface area contributed by atoms with E-state index in [1.54, 1.807) is 23.3 Å². The molecule has 3 rings (SSSR count). The highest BCUT2D eigenvalue weighted by Gasteiger charge is 2.23. The van der Waals surface area contributed by atoms with Gasteiger partial charge in [0, 0.05) is 18.6 Å². The van der Waals surface area contributed by atoms with E-state index in [1.165, 1.54) is 0 Å². The molecule has 5 heteroatoms. The average Bonchev–Trinajstić information content (AvgIpc) is 2.85. The van der Waals surface area contributed by atoms with Gasteiger partial charge in [0.1, 0.15) is 7.05 Å². The Labute approximate surface area is 104 Å². The lowest BCUT2D eigenvalue weighted by atomic mass is 10.0. The molecule has 0 radical (unpaired) electrons. The lowest BCUT2D eigenvalue weighted by molar-refractivity contribution is -0.783. The molecule has 5 nitrogen and oxygen atoms in total. The molecule has 0 saturated heterocycles. The molecule has 0 spiro atoms. The van der Waals surface area contributed by atoms with E-state index in [0.717, 1.165) is 16.8 Å². The van der Waals surface area contributed by atoms with E-state index in [0.29, 0.717) is 5.69 Å². The van der Waals surface area contributed by atoms with Crippen molar-refractivity contribution in [2.24, 2.45) is 7.05 Å². The maximum Gasteiger partial charge on any atom is 0.287 e. The van der Waals surface area contributed by atoms with Gasteiger partial charge in [-0.3, -0.25) is 4.79 Å². The Hall–Kier alpha value is -2.43. The van der Waals surface area contributed by atoms with Crippen LogP contribution in [0, 0.1) is 0 Å². The predicted molar refractivity (Wildman–Crippen MR) is 66.2 cm³/mol. The molecule has 1 aromatic carbocycles. The largest absolute Gasteiger partial charge is 0.290 e. The number of tetrazole rings is 1. The number of Topliss-reactive ketones (excluding diaryl/α,β-unsaturated/α-hetero) is 1. The van der Waals surface area contributed by atoms with Crippen LogP contribution in [0.15, 0.2) is 36.4 Å². The zero-order valence-electron chi connectivity index (χ0n) is 10.2. The third kappa shape index (κ3) is 1.52. The fraction of sp³-hybridized carbons (Fsp3) is 0.154. The molecule has 0 fully saturated rings. The first kappa shape index (κ1) is 10.7. The van der Waals surface area contributed by atoms with E-state index in [1.807, 2.05) is 36.4 Å². The molecule has 0 bridgehead atoms. The van der Waals surface area contributed by atoms with Gasteiger partial charge in [-0.25, -0.2) is 0 Å². The Kier molecular flexibility index (Phi) is 2.26. The molecule has 0 unspecified atom stereocenters. The maximum atomic E-state index is 11.8. The van der Waals surface area contributed by atoms with Gasteiger partial charge >= 0.3 is 0 Å². The van der Waals surface area contributed by atoms with Crippen molar-refractivity contribution >= 4 is 11.4 Å². The molecule has 0 aliphatic rings. The molecule has 1 N–H and O–H groups in total. The van der Waals surface area contributed by atoms with E-state index in [4.69, 9.17) is 0 Å². The second-order valence-electron chi connectivity index (χ2n) is 4.25. The van der Waals surface area contributed by atoms with Crippen molar-refractivity contribution in [1.82, 2.24) is 14.8 Å². The summed E-state index contributed by atoms with van der Waals surface area (Å²) in [5.74, 6) is 0.0121. The van der Waals surface area contributed by atoms with Gasteiger partial charge in [0.2, 0.25) is 11.5 Å². The van der Waals surface area contributed by atoms with Crippen LogP contribution in [-0.2, 0) is 7.05 Å². The second-order valence-corrected chi connectivity index (χ2v) is 4.25. The zero-order chi connectivity index (χ0) is 12.7. The van der Waals surface area contributed by atoms with Crippen LogP contribution >= 0.6 is 0 Å². The number of benzene rings is 1. The molecule has 2 aromatic heterocycles. The third-order valence-electron chi connectivity index (χ3n) is 2.90. The van der Waals surface area contributed by atoms with E-state index in [-0.39, 0.29) is 5.78 Å². The van der Waals surface area contributed by atoms with Crippen LogP contribution < -0.4 is 4.80 Å². The summed E-state index contributed by atoms with van der Waals surface area (Å²) >= 11 is 0. The number of carbonyl (C=O) groups is 1. The van der Waals surface area contributed by atoms with Crippen molar-refractivity contribution in [3.8, 4) is 11.1 Å². The molecular formula is C13H13N4O+. The summed E-state index contributed by atoms with van der Waals surface area (Å²) in [5, 5.41) is 7.27. The van der Waals surface area contributed by atoms with Crippen molar-refractivity contribution in [3.63, 3.8) is 0 Å². The van der Waals surface area contributed by atoms with Crippen LogP contribution in [-0.4, -0.2) is 20.6 Å². The lowest BCUT2D eigenvalue weighted by Crippen LogP contribution is -2.34. The molecular weight excluding hydrogens is 228 g/mol. The molecule has 2 heterocycles. The van der Waals surface area contributed by atoms with Crippen LogP contribution in [0.3, 0.4) is 0 Å². The Morgan fingerprint density at radius 1 is 1.33 bits per heavy atom. The molecule has 90 valence electrons. The van der Waals surface area contributed by atoms with Gasteiger partial charge in [-0.15, -0.1) is 0 Å². The van der Waals surface area contributed by atoms with E-state index in [9.17, 15) is 4.79 Å². The number of aromatic nitrogens is 4. The first-order valence-corrected chi connectivity index (χ1v) is 5.71. The average molecular weight is 241 g/mol. The van der Waals surface area contributed by atoms with Crippen LogP contribution in [0.25, 0.3) is 16.8 Å². The summed E-state index contributed by atoms with van der Waals surface area (Å²) in [6.07, 6.45) is 0. The summed E-state index contributed by atoms with van der Waals surface area (Å²) in [6.45, 7) is 1.56. The van der Waals surface area contributed by atoms with Gasteiger partial charge in [0.15, 0.2) is 0 Å². The van der Waals surface area contributed by atoms with Crippen molar-refractivity contribution < 1.29 is 9.59 Å². The fourth-order valence-corrected chi connectivity index (χ4v) is 2.18. The minimum absolute atomic E-state index is 0.0121. The van der Waals surface area contributed by atoms with Crippen LogP contribution in [0.2, 0.25) is 0 Å². The Morgan fingerprint density at radius 3 is 2.72 bits per heavy atom. The quantitative estimate of drug-likeness (QED) is 0.544. The minimum Gasteiger partial charge on any atom is -0.290 e. The van der Waals surface area contributed by atoms with Crippen molar-refractivity contribution in [3.05, 3.63) is 42.1 Å². The number of rotatable bonds is 2. The number of fused-ring (bicyclic) bond motifs is 1. The van der Waals surface area contributed by atoms with Crippen molar-refractivity contribution in [1.29, 1.82) is 0 Å². The number of ketones is 1. The molecule has 0 saturated carbocycles. The van der Waals surface area contributed by atoms with Crippen LogP contribution in [0.5, 0.6) is 0 Å². The van der Waals surface area contributed by atoms with Crippen LogP contribution in [0.1, 0.15) is 17.4 Å².